The van der Waals surface area contributed by atoms with E-state index in [1.807, 2.05) is 6.92 Å². The summed E-state index contributed by atoms with van der Waals surface area (Å²) in [4.78, 5) is 2.77. The highest BCUT2D eigenvalue weighted by Crippen LogP contribution is 2.03. The van der Waals surface area contributed by atoms with E-state index in [2.05, 4.69) is 34.8 Å². The Kier molecular flexibility index (Phi) is 6.30. The van der Waals surface area contributed by atoms with Crippen LogP contribution in [0.25, 0.3) is 0 Å². The Morgan fingerprint density at radius 2 is 2.27 bits per heavy atom. The third-order valence-electron chi connectivity index (χ3n) is 1.27. The Labute approximate surface area is 82.5 Å². The molecular formula is C8H15BrClN. The fraction of sp³-hybridized carbons (Fsp3) is 0.750. The van der Waals surface area contributed by atoms with Gasteiger partial charge in [0.25, 0.3) is 0 Å². The van der Waals surface area contributed by atoms with E-state index in [9.17, 15) is 0 Å². The average Bonchev–Trinajstić information content (AvgIpc) is 1.85. The zero-order valence-electron chi connectivity index (χ0n) is 7.27. The molecule has 0 amide bonds. The normalized spacial score (nSPS) is 15.6. The fourth-order valence-corrected chi connectivity index (χ4v) is 1.52. The van der Waals surface area contributed by atoms with Crippen LogP contribution in [0.4, 0.5) is 0 Å². The van der Waals surface area contributed by atoms with Gasteiger partial charge in [0.15, 0.2) is 0 Å². The van der Waals surface area contributed by atoms with Gasteiger partial charge in [0.1, 0.15) is 0 Å². The maximum absolute atomic E-state index is 5.53. The molecule has 0 saturated carbocycles. The Morgan fingerprint density at radius 3 is 2.64 bits per heavy atom. The summed E-state index contributed by atoms with van der Waals surface area (Å²) in [7, 11) is 2.08. The smallest absolute Gasteiger partial charge is 0.0244 e. The number of nitrogens with zero attached hydrogens (tertiary/aromatic N) is 1. The van der Waals surface area contributed by atoms with Crippen LogP contribution in [0.15, 0.2) is 11.1 Å². The Balaban J connectivity index is 3.60. The fourth-order valence-electron chi connectivity index (χ4n) is 0.954. The number of likely N-dealkylation sites (N-methyl/N-ethyl adjacent to an activating group) is 1. The highest BCUT2D eigenvalue weighted by Gasteiger charge is 2.02. The Bertz CT molecular complexity index is 134. The van der Waals surface area contributed by atoms with Gasteiger partial charge in [-0.05, 0) is 19.5 Å². The molecule has 0 N–H and O–H groups in total. The van der Waals surface area contributed by atoms with Gasteiger partial charge in [-0.1, -0.05) is 34.5 Å². The van der Waals surface area contributed by atoms with Gasteiger partial charge in [-0.25, -0.2) is 0 Å². The highest BCUT2D eigenvalue weighted by molar-refractivity contribution is 9.09. The van der Waals surface area contributed by atoms with E-state index in [-0.39, 0.29) is 0 Å². The number of hydrogen-bond donors (Lipinski definition) is 0. The van der Waals surface area contributed by atoms with Crippen molar-refractivity contribution in [2.24, 2.45) is 0 Å². The molecule has 3 heteroatoms. The monoisotopic (exact) mass is 239 g/mol. The lowest BCUT2D eigenvalue weighted by atomic mass is 10.3. The van der Waals surface area contributed by atoms with E-state index in [1.165, 1.54) is 5.57 Å². The molecule has 66 valence electrons. The maximum atomic E-state index is 5.53. The molecule has 0 aliphatic heterocycles. The molecule has 0 aliphatic rings. The molecule has 11 heavy (non-hydrogen) atoms. The summed E-state index contributed by atoms with van der Waals surface area (Å²) >= 11 is 9.02. The van der Waals surface area contributed by atoms with Crippen LogP contribution in [-0.2, 0) is 0 Å². The SMILES string of the molecule is CC(=CCl)CN(C)CC(C)Br. The van der Waals surface area contributed by atoms with Gasteiger partial charge in [-0.3, -0.25) is 0 Å². The quantitative estimate of drug-likeness (QED) is 0.683. The molecule has 1 nitrogen and oxygen atoms in total. The molecule has 0 heterocycles. The summed E-state index contributed by atoms with van der Waals surface area (Å²) in [5.74, 6) is 0. The zero-order chi connectivity index (χ0) is 8.85. The minimum Gasteiger partial charge on any atom is -0.301 e. The van der Waals surface area contributed by atoms with Gasteiger partial charge < -0.3 is 4.90 Å². The summed E-state index contributed by atoms with van der Waals surface area (Å²) in [6, 6.07) is 0. The molecule has 0 aromatic carbocycles. The standard InChI is InChI=1S/C8H15BrClN/c1-7(4-10)5-11(3)6-8(2)9/h4,8H,5-6H2,1-3H3. The largest absolute Gasteiger partial charge is 0.301 e. The third-order valence-corrected chi connectivity index (χ3v) is 1.93. The van der Waals surface area contributed by atoms with E-state index in [0.717, 1.165) is 13.1 Å². The van der Waals surface area contributed by atoms with Crippen molar-refractivity contribution >= 4 is 27.5 Å². The van der Waals surface area contributed by atoms with Crippen LogP contribution in [-0.4, -0.2) is 29.9 Å². The van der Waals surface area contributed by atoms with E-state index in [0.29, 0.717) is 4.83 Å². The third kappa shape index (κ3) is 6.85. The van der Waals surface area contributed by atoms with Gasteiger partial charge in [-0.15, -0.1) is 0 Å². The van der Waals surface area contributed by atoms with Crippen LogP contribution in [0.1, 0.15) is 13.8 Å². The predicted octanol–water partition coefficient (Wildman–Crippen LogP) is 2.84. The summed E-state index contributed by atoms with van der Waals surface area (Å²) in [5, 5.41) is 0. The first kappa shape index (κ1) is 11.5. The lowest BCUT2D eigenvalue weighted by Gasteiger charge is -2.17. The van der Waals surface area contributed by atoms with E-state index < -0.39 is 0 Å². The molecule has 0 fully saturated rings. The van der Waals surface area contributed by atoms with Crippen molar-refractivity contribution in [2.75, 3.05) is 20.1 Å². The molecular weight excluding hydrogens is 225 g/mol. The summed E-state index contributed by atoms with van der Waals surface area (Å²) < 4.78 is 0. The second-order valence-electron chi connectivity index (χ2n) is 2.93. The lowest BCUT2D eigenvalue weighted by Crippen LogP contribution is -2.25. The molecule has 0 aromatic rings. The van der Waals surface area contributed by atoms with Gasteiger partial charge in [0, 0.05) is 23.5 Å². The van der Waals surface area contributed by atoms with Crippen molar-refractivity contribution < 1.29 is 0 Å². The number of halogens is 2. The maximum Gasteiger partial charge on any atom is 0.0244 e. The first-order valence-corrected chi connectivity index (χ1v) is 5.00. The lowest BCUT2D eigenvalue weighted by molar-refractivity contribution is 0.369. The minimum atomic E-state index is 0.538. The zero-order valence-corrected chi connectivity index (χ0v) is 9.61. The Hall–Kier alpha value is 0.470. The van der Waals surface area contributed by atoms with Crippen molar-refractivity contribution in [3.63, 3.8) is 0 Å². The van der Waals surface area contributed by atoms with Crippen molar-refractivity contribution in [1.29, 1.82) is 0 Å². The molecule has 0 radical (unpaired) electrons. The van der Waals surface area contributed by atoms with E-state index in [4.69, 9.17) is 11.6 Å². The number of alkyl halides is 1. The molecule has 0 spiro atoms. The molecule has 0 aliphatic carbocycles. The Morgan fingerprint density at radius 1 is 1.73 bits per heavy atom. The molecule has 1 atom stereocenters. The van der Waals surface area contributed by atoms with Gasteiger partial charge in [0.05, 0.1) is 0 Å². The second-order valence-corrected chi connectivity index (χ2v) is 4.71. The summed E-state index contributed by atoms with van der Waals surface area (Å²) in [6.45, 7) is 6.15. The summed E-state index contributed by atoms with van der Waals surface area (Å²) in [6.07, 6.45) is 0. The van der Waals surface area contributed by atoms with Crippen molar-refractivity contribution in [3.8, 4) is 0 Å². The van der Waals surface area contributed by atoms with Crippen molar-refractivity contribution in [3.05, 3.63) is 11.1 Å². The van der Waals surface area contributed by atoms with Crippen LogP contribution >= 0.6 is 27.5 Å². The topological polar surface area (TPSA) is 3.24 Å². The minimum absolute atomic E-state index is 0.538. The molecule has 0 rings (SSSR count). The first-order valence-electron chi connectivity index (χ1n) is 3.64. The molecule has 0 bridgehead atoms. The summed E-state index contributed by atoms with van der Waals surface area (Å²) in [5.41, 5.74) is 2.83. The van der Waals surface area contributed by atoms with Gasteiger partial charge >= 0.3 is 0 Å². The van der Waals surface area contributed by atoms with Crippen LogP contribution in [0, 0.1) is 0 Å². The van der Waals surface area contributed by atoms with Crippen LogP contribution in [0.5, 0.6) is 0 Å². The van der Waals surface area contributed by atoms with Crippen molar-refractivity contribution in [1.82, 2.24) is 4.90 Å². The number of rotatable bonds is 4. The van der Waals surface area contributed by atoms with Crippen LogP contribution in [0.2, 0.25) is 0 Å². The first-order chi connectivity index (χ1) is 5.06. The number of hydrogen-bond acceptors (Lipinski definition) is 1. The molecule has 0 saturated heterocycles. The van der Waals surface area contributed by atoms with Gasteiger partial charge in [-0.2, -0.15) is 0 Å². The van der Waals surface area contributed by atoms with E-state index in [1.54, 1.807) is 5.54 Å². The molecule has 0 aromatic heterocycles. The molecule has 1 unspecified atom stereocenters. The van der Waals surface area contributed by atoms with Crippen LogP contribution < -0.4 is 0 Å². The van der Waals surface area contributed by atoms with E-state index >= 15 is 0 Å². The highest BCUT2D eigenvalue weighted by atomic mass is 79.9. The van der Waals surface area contributed by atoms with Crippen molar-refractivity contribution in [2.45, 2.75) is 18.7 Å². The predicted molar refractivity (Wildman–Crippen MR) is 55.5 cm³/mol. The average molecular weight is 241 g/mol. The van der Waals surface area contributed by atoms with Gasteiger partial charge in [0.2, 0.25) is 0 Å². The van der Waals surface area contributed by atoms with Crippen LogP contribution in [0.3, 0.4) is 0 Å². The second kappa shape index (κ2) is 6.04.